The van der Waals surface area contributed by atoms with E-state index in [9.17, 15) is 4.79 Å². The van der Waals surface area contributed by atoms with Gasteiger partial charge in [0.15, 0.2) is 0 Å². The van der Waals surface area contributed by atoms with Gasteiger partial charge in [-0.3, -0.25) is 4.79 Å². The number of carbonyl (C=O) groups is 1. The maximum atomic E-state index is 11.9. The number of anilines is 1. The molecule has 152 valence electrons. The predicted octanol–water partition coefficient (Wildman–Crippen LogP) is 4.93. The number of carbonyl (C=O) groups excluding carboxylic acids is 1. The summed E-state index contributed by atoms with van der Waals surface area (Å²) >= 11 is 0. The Morgan fingerprint density at radius 2 is 1.59 bits per heavy atom. The van der Waals surface area contributed by atoms with Crippen LogP contribution in [0.4, 0.5) is 5.69 Å². The molecule has 0 saturated heterocycles. The summed E-state index contributed by atoms with van der Waals surface area (Å²) in [6, 6.07) is 26.3. The minimum atomic E-state index is 0. The Balaban J connectivity index is 0.00000300. The van der Waals surface area contributed by atoms with Crippen molar-refractivity contribution in [3.63, 3.8) is 0 Å². The number of likely N-dealkylation sites (N-methyl/N-ethyl adjacent to an activating group) is 1. The second-order valence-electron chi connectivity index (χ2n) is 6.58. The molecule has 29 heavy (non-hydrogen) atoms. The van der Waals surface area contributed by atoms with Crippen LogP contribution in [0.5, 0.6) is 5.75 Å². The van der Waals surface area contributed by atoms with Gasteiger partial charge in [0, 0.05) is 25.7 Å². The number of nitrogens with zero attached hydrogens (tertiary/aromatic N) is 1. The van der Waals surface area contributed by atoms with E-state index in [1.807, 2.05) is 61.6 Å². The number of ether oxygens (including phenoxy) is 1. The molecule has 1 amide bonds. The standard InChI is InChI=1S/C24H26N2O2.ClH/c1-19(27)26(17-16-25-2)22-12-14-23(15-13-22)28-18-21-10-6-7-11-24(21)20-8-4-3-5-9-20;/h3-15,25H,16-18H2,1-2H3;1H. The van der Waals surface area contributed by atoms with Crippen LogP contribution in [0, 0.1) is 0 Å². The van der Waals surface area contributed by atoms with E-state index in [1.54, 1.807) is 11.8 Å². The van der Waals surface area contributed by atoms with E-state index in [0.29, 0.717) is 13.2 Å². The second kappa shape index (κ2) is 11.2. The van der Waals surface area contributed by atoms with Gasteiger partial charge in [-0.15, -0.1) is 12.4 Å². The number of benzene rings is 3. The lowest BCUT2D eigenvalue weighted by Crippen LogP contribution is -2.34. The summed E-state index contributed by atoms with van der Waals surface area (Å²) in [6.07, 6.45) is 0. The molecule has 0 unspecified atom stereocenters. The van der Waals surface area contributed by atoms with Crippen LogP contribution in [0.3, 0.4) is 0 Å². The molecule has 0 atom stereocenters. The molecule has 0 heterocycles. The Hall–Kier alpha value is -2.82. The average molecular weight is 411 g/mol. The van der Waals surface area contributed by atoms with Crippen LogP contribution < -0.4 is 15.0 Å². The Labute approximate surface area is 178 Å². The van der Waals surface area contributed by atoms with Crippen molar-refractivity contribution in [3.8, 4) is 16.9 Å². The van der Waals surface area contributed by atoms with Crippen LogP contribution >= 0.6 is 12.4 Å². The maximum Gasteiger partial charge on any atom is 0.223 e. The fourth-order valence-electron chi connectivity index (χ4n) is 3.12. The van der Waals surface area contributed by atoms with Crippen molar-refractivity contribution in [1.82, 2.24) is 5.32 Å². The zero-order valence-electron chi connectivity index (χ0n) is 16.8. The fourth-order valence-corrected chi connectivity index (χ4v) is 3.12. The first-order valence-corrected chi connectivity index (χ1v) is 9.48. The first-order valence-electron chi connectivity index (χ1n) is 9.48. The van der Waals surface area contributed by atoms with Gasteiger partial charge in [0.1, 0.15) is 12.4 Å². The second-order valence-corrected chi connectivity index (χ2v) is 6.58. The summed E-state index contributed by atoms with van der Waals surface area (Å²) in [6.45, 7) is 3.45. The fraction of sp³-hybridized carbons (Fsp3) is 0.208. The molecule has 0 fully saturated rings. The summed E-state index contributed by atoms with van der Waals surface area (Å²) < 4.78 is 6.01. The van der Waals surface area contributed by atoms with E-state index in [0.717, 1.165) is 23.5 Å². The monoisotopic (exact) mass is 410 g/mol. The normalized spacial score (nSPS) is 10.1. The highest BCUT2D eigenvalue weighted by atomic mass is 35.5. The summed E-state index contributed by atoms with van der Waals surface area (Å²) in [5.74, 6) is 0.810. The van der Waals surface area contributed by atoms with Gasteiger partial charge in [-0.1, -0.05) is 54.6 Å². The molecule has 3 rings (SSSR count). The van der Waals surface area contributed by atoms with Crippen molar-refractivity contribution in [2.45, 2.75) is 13.5 Å². The van der Waals surface area contributed by atoms with E-state index < -0.39 is 0 Å². The van der Waals surface area contributed by atoms with E-state index >= 15 is 0 Å². The Morgan fingerprint density at radius 1 is 0.931 bits per heavy atom. The smallest absolute Gasteiger partial charge is 0.223 e. The van der Waals surface area contributed by atoms with Gasteiger partial charge >= 0.3 is 0 Å². The van der Waals surface area contributed by atoms with Gasteiger partial charge in [0.25, 0.3) is 0 Å². The highest BCUT2D eigenvalue weighted by Gasteiger charge is 2.11. The molecule has 0 aliphatic carbocycles. The number of hydrogen-bond acceptors (Lipinski definition) is 3. The first-order chi connectivity index (χ1) is 13.7. The maximum absolute atomic E-state index is 11.9. The predicted molar refractivity (Wildman–Crippen MR) is 122 cm³/mol. The van der Waals surface area contributed by atoms with E-state index in [1.165, 1.54) is 11.1 Å². The highest BCUT2D eigenvalue weighted by molar-refractivity contribution is 5.91. The molecule has 4 nitrogen and oxygen atoms in total. The van der Waals surface area contributed by atoms with E-state index in [-0.39, 0.29) is 18.3 Å². The van der Waals surface area contributed by atoms with Crippen LogP contribution in [0.15, 0.2) is 78.9 Å². The number of nitrogens with one attached hydrogen (secondary N) is 1. The van der Waals surface area contributed by atoms with Crippen molar-refractivity contribution in [2.24, 2.45) is 0 Å². The molecular formula is C24H27ClN2O2. The van der Waals surface area contributed by atoms with E-state index in [4.69, 9.17) is 4.74 Å². The Kier molecular flexibility index (Phi) is 8.71. The lowest BCUT2D eigenvalue weighted by molar-refractivity contribution is -0.116. The lowest BCUT2D eigenvalue weighted by Gasteiger charge is -2.21. The molecule has 0 spiro atoms. The zero-order valence-corrected chi connectivity index (χ0v) is 17.6. The molecule has 0 bridgehead atoms. The number of amides is 1. The van der Waals surface area contributed by atoms with Crippen molar-refractivity contribution in [3.05, 3.63) is 84.4 Å². The number of rotatable bonds is 8. The molecule has 3 aromatic carbocycles. The van der Waals surface area contributed by atoms with Gasteiger partial charge in [-0.05, 0) is 48.0 Å². The summed E-state index contributed by atoms with van der Waals surface area (Å²) in [5.41, 5.74) is 4.37. The minimum Gasteiger partial charge on any atom is -0.489 e. The van der Waals surface area contributed by atoms with Crippen molar-refractivity contribution < 1.29 is 9.53 Å². The third-order valence-electron chi connectivity index (χ3n) is 4.61. The molecule has 5 heteroatoms. The summed E-state index contributed by atoms with van der Waals surface area (Å²) in [5, 5.41) is 3.07. The largest absolute Gasteiger partial charge is 0.489 e. The van der Waals surface area contributed by atoms with Crippen molar-refractivity contribution in [2.75, 3.05) is 25.0 Å². The van der Waals surface area contributed by atoms with Gasteiger partial charge < -0.3 is 15.0 Å². The molecule has 0 aliphatic rings. The average Bonchev–Trinajstić information content (AvgIpc) is 2.74. The Bertz CT molecular complexity index is 898. The third-order valence-corrected chi connectivity index (χ3v) is 4.61. The first kappa shape index (κ1) is 22.5. The molecule has 0 saturated carbocycles. The van der Waals surface area contributed by atoms with Gasteiger partial charge in [-0.2, -0.15) is 0 Å². The van der Waals surface area contributed by atoms with E-state index in [2.05, 4.69) is 29.6 Å². The summed E-state index contributed by atoms with van der Waals surface area (Å²) in [4.78, 5) is 13.6. The summed E-state index contributed by atoms with van der Waals surface area (Å²) in [7, 11) is 1.88. The SMILES string of the molecule is CNCCN(C(C)=O)c1ccc(OCc2ccccc2-c2ccccc2)cc1.Cl. The molecule has 3 aromatic rings. The van der Waals surface area contributed by atoms with Crippen molar-refractivity contribution >= 4 is 24.0 Å². The molecule has 1 N–H and O–H groups in total. The molecule has 0 radical (unpaired) electrons. The van der Waals surface area contributed by atoms with Crippen LogP contribution in [-0.2, 0) is 11.4 Å². The zero-order chi connectivity index (χ0) is 19.8. The van der Waals surface area contributed by atoms with Crippen LogP contribution in [0.1, 0.15) is 12.5 Å². The number of halogens is 1. The number of hydrogen-bond donors (Lipinski definition) is 1. The minimum absolute atomic E-state index is 0. The molecule has 0 aliphatic heterocycles. The van der Waals surface area contributed by atoms with Gasteiger partial charge in [-0.25, -0.2) is 0 Å². The van der Waals surface area contributed by atoms with Crippen LogP contribution in [0.25, 0.3) is 11.1 Å². The topological polar surface area (TPSA) is 41.6 Å². The molecule has 0 aromatic heterocycles. The Morgan fingerprint density at radius 3 is 2.24 bits per heavy atom. The van der Waals surface area contributed by atoms with Crippen molar-refractivity contribution in [1.29, 1.82) is 0 Å². The molecular weight excluding hydrogens is 384 g/mol. The quantitative estimate of drug-likeness (QED) is 0.572. The van der Waals surface area contributed by atoms with Crippen LogP contribution in [0.2, 0.25) is 0 Å². The van der Waals surface area contributed by atoms with Gasteiger partial charge in [0.2, 0.25) is 5.91 Å². The highest BCUT2D eigenvalue weighted by Crippen LogP contribution is 2.25. The lowest BCUT2D eigenvalue weighted by atomic mass is 10.0. The third kappa shape index (κ3) is 6.08. The van der Waals surface area contributed by atoms with Gasteiger partial charge in [0.05, 0.1) is 0 Å². The van der Waals surface area contributed by atoms with Crippen LogP contribution in [-0.4, -0.2) is 26.0 Å².